The number of hydrogen-bond donors (Lipinski definition) is 1. The van der Waals surface area contributed by atoms with E-state index in [0.29, 0.717) is 17.9 Å². The molecule has 4 atom stereocenters. The molecular weight excluding hydrogens is 212 g/mol. The lowest BCUT2D eigenvalue weighted by Gasteiger charge is -2.40. The van der Waals surface area contributed by atoms with Gasteiger partial charge in [-0.25, -0.2) is 0 Å². The van der Waals surface area contributed by atoms with Crippen LogP contribution in [0.3, 0.4) is 0 Å². The van der Waals surface area contributed by atoms with Crippen LogP contribution < -0.4 is 5.73 Å². The predicted octanol–water partition coefficient (Wildman–Crippen LogP) is 2.15. The zero-order valence-corrected chi connectivity index (χ0v) is 11.2. The number of hydrogen-bond acceptors (Lipinski definition) is 2. The highest BCUT2D eigenvalue weighted by Gasteiger charge is 2.33. The fraction of sp³-hybridized carbons (Fsp3) is 0.929. The van der Waals surface area contributed by atoms with Crippen LogP contribution in [0.25, 0.3) is 0 Å². The van der Waals surface area contributed by atoms with Crippen LogP contribution in [0.4, 0.5) is 0 Å². The lowest BCUT2D eigenvalue weighted by molar-refractivity contribution is -0.141. The third kappa shape index (κ3) is 3.01. The molecule has 1 saturated carbocycles. The molecule has 0 spiro atoms. The molecule has 4 unspecified atom stereocenters. The first-order valence-corrected chi connectivity index (χ1v) is 7.14. The minimum absolute atomic E-state index is 0.200. The van der Waals surface area contributed by atoms with Crippen LogP contribution in [-0.2, 0) is 4.79 Å². The average molecular weight is 238 g/mol. The Morgan fingerprint density at radius 1 is 1.18 bits per heavy atom. The van der Waals surface area contributed by atoms with Gasteiger partial charge in [0, 0.05) is 24.5 Å². The Morgan fingerprint density at radius 2 is 1.94 bits per heavy atom. The van der Waals surface area contributed by atoms with Crippen LogP contribution in [0.15, 0.2) is 0 Å². The largest absolute Gasteiger partial charge is 0.339 e. The molecule has 2 aliphatic rings. The number of piperidine rings is 1. The molecule has 0 radical (unpaired) electrons. The molecule has 2 rings (SSSR count). The van der Waals surface area contributed by atoms with E-state index in [4.69, 9.17) is 5.73 Å². The van der Waals surface area contributed by atoms with Crippen molar-refractivity contribution in [3.05, 3.63) is 0 Å². The van der Waals surface area contributed by atoms with Crippen molar-refractivity contribution in [3.63, 3.8) is 0 Å². The molecule has 0 aromatic carbocycles. The van der Waals surface area contributed by atoms with Crippen LogP contribution in [0.5, 0.6) is 0 Å². The van der Waals surface area contributed by atoms with Gasteiger partial charge in [0.15, 0.2) is 0 Å². The lowest BCUT2D eigenvalue weighted by atomic mass is 9.84. The van der Waals surface area contributed by atoms with E-state index in [1.54, 1.807) is 0 Å². The summed E-state index contributed by atoms with van der Waals surface area (Å²) in [5.41, 5.74) is 5.98. The molecule has 0 aromatic heterocycles. The molecule has 17 heavy (non-hydrogen) atoms. The van der Waals surface area contributed by atoms with Gasteiger partial charge in [-0.05, 0) is 44.9 Å². The number of nitrogens with zero attached hydrogens (tertiary/aromatic N) is 1. The number of nitrogens with two attached hydrogens (primary N) is 1. The van der Waals surface area contributed by atoms with Crippen molar-refractivity contribution in [2.75, 3.05) is 6.54 Å². The average Bonchev–Trinajstić information content (AvgIpc) is 2.31. The molecule has 3 nitrogen and oxygen atoms in total. The van der Waals surface area contributed by atoms with Crippen molar-refractivity contribution >= 4 is 5.91 Å². The molecule has 1 saturated heterocycles. The summed E-state index contributed by atoms with van der Waals surface area (Å²) in [4.78, 5) is 14.6. The Bertz CT molecular complexity index is 279. The monoisotopic (exact) mass is 238 g/mol. The number of carbonyl (C=O) groups is 1. The maximum Gasteiger partial charge on any atom is 0.225 e. The van der Waals surface area contributed by atoms with Crippen LogP contribution >= 0.6 is 0 Å². The quantitative estimate of drug-likeness (QED) is 0.761. The van der Waals surface area contributed by atoms with E-state index in [9.17, 15) is 4.79 Å². The van der Waals surface area contributed by atoms with Crippen molar-refractivity contribution in [2.45, 2.75) is 64.5 Å². The first-order valence-electron chi connectivity index (χ1n) is 7.14. The van der Waals surface area contributed by atoms with E-state index in [1.807, 2.05) is 0 Å². The van der Waals surface area contributed by atoms with Crippen molar-refractivity contribution in [1.29, 1.82) is 0 Å². The molecule has 98 valence electrons. The van der Waals surface area contributed by atoms with Crippen molar-refractivity contribution in [1.82, 2.24) is 4.90 Å². The molecule has 3 heteroatoms. The highest BCUT2D eigenvalue weighted by atomic mass is 16.2. The van der Waals surface area contributed by atoms with Gasteiger partial charge in [-0.15, -0.1) is 0 Å². The Balaban J connectivity index is 1.97. The topological polar surface area (TPSA) is 46.3 Å². The Labute approximate surface area is 105 Å². The number of likely N-dealkylation sites (tertiary alicyclic amines) is 1. The van der Waals surface area contributed by atoms with Crippen molar-refractivity contribution in [2.24, 2.45) is 17.6 Å². The maximum absolute atomic E-state index is 12.5. The summed E-state index contributed by atoms with van der Waals surface area (Å²) >= 11 is 0. The van der Waals surface area contributed by atoms with E-state index < -0.39 is 0 Å². The third-order valence-corrected chi connectivity index (χ3v) is 4.46. The maximum atomic E-state index is 12.5. The Kier molecular flexibility index (Phi) is 4.08. The predicted molar refractivity (Wildman–Crippen MR) is 69.5 cm³/mol. The molecule has 2 N–H and O–H groups in total. The van der Waals surface area contributed by atoms with E-state index in [-0.39, 0.29) is 12.0 Å². The first-order chi connectivity index (χ1) is 8.08. The second-order valence-electron chi connectivity index (χ2n) is 6.15. The van der Waals surface area contributed by atoms with E-state index in [0.717, 1.165) is 38.6 Å². The highest BCUT2D eigenvalue weighted by Crippen LogP contribution is 2.29. The van der Waals surface area contributed by atoms with Crippen LogP contribution in [0, 0.1) is 11.8 Å². The molecule has 1 aliphatic heterocycles. The van der Waals surface area contributed by atoms with Gasteiger partial charge < -0.3 is 10.6 Å². The van der Waals surface area contributed by atoms with Crippen molar-refractivity contribution < 1.29 is 4.79 Å². The van der Waals surface area contributed by atoms with Gasteiger partial charge in [-0.2, -0.15) is 0 Å². The zero-order valence-electron chi connectivity index (χ0n) is 11.2. The second-order valence-corrected chi connectivity index (χ2v) is 6.15. The molecular formula is C14H26N2O. The van der Waals surface area contributed by atoms with Crippen molar-refractivity contribution in [3.8, 4) is 0 Å². The van der Waals surface area contributed by atoms with Gasteiger partial charge in [-0.3, -0.25) is 4.79 Å². The SMILES string of the molecule is CC1CCC(C)N(C(=O)C2CCCC(N)C2)C1. The number of rotatable bonds is 1. The van der Waals surface area contributed by atoms with Gasteiger partial charge in [0.25, 0.3) is 0 Å². The molecule has 1 heterocycles. The minimum Gasteiger partial charge on any atom is -0.339 e. The van der Waals surface area contributed by atoms with Gasteiger partial charge in [0.1, 0.15) is 0 Å². The lowest BCUT2D eigenvalue weighted by Crippen LogP contribution is -2.49. The fourth-order valence-corrected chi connectivity index (χ4v) is 3.28. The standard InChI is InChI=1S/C14H26N2O/c1-10-6-7-11(2)16(9-10)14(17)12-4-3-5-13(15)8-12/h10-13H,3-9,15H2,1-2H3. The second kappa shape index (κ2) is 5.38. The van der Waals surface area contributed by atoms with E-state index >= 15 is 0 Å². The summed E-state index contributed by atoms with van der Waals surface area (Å²) in [5.74, 6) is 1.23. The van der Waals surface area contributed by atoms with Gasteiger partial charge >= 0.3 is 0 Å². The summed E-state index contributed by atoms with van der Waals surface area (Å²) in [6.45, 7) is 5.39. The highest BCUT2D eigenvalue weighted by molar-refractivity contribution is 5.79. The number of amides is 1. The molecule has 0 aromatic rings. The zero-order chi connectivity index (χ0) is 12.4. The van der Waals surface area contributed by atoms with Crippen LogP contribution in [0.1, 0.15) is 52.4 Å². The summed E-state index contributed by atoms with van der Waals surface area (Å²) < 4.78 is 0. The molecule has 1 aliphatic carbocycles. The summed E-state index contributed by atoms with van der Waals surface area (Å²) in [6, 6.07) is 0.673. The Hall–Kier alpha value is -0.570. The normalized spacial score (nSPS) is 39.1. The fourth-order valence-electron chi connectivity index (χ4n) is 3.28. The Morgan fingerprint density at radius 3 is 2.65 bits per heavy atom. The molecule has 1 amide bonds. The summed E-state index contributed by atoms with van der Waals surface area (Å²) in [6.07, 6.45) is 6.58. The van der Waals surface area contributed by atoms with Crippen LogP contribution in [0.2, 0.25) is 0 Å². The smallest absolute Gasteiger partial charge is 0.225 e. The number of carbonyl (C=O) groups excluding carboxylic acids is 1. The molecule has 0 bridgehead atoms. The minimum atomic E-state index is 0.200. The van der Waals surface area contributed by atoms with E-state index in [1.165, 1.54) is 6.42 Å². The van der Waals surface area contributed by atoms with Crippen LogP contribution in [-0.4, -0.2) is 29.4 Å². The van der Waals surface area contributed by atoms with Gasteiger partial charge in [0.2, 0.25) is 5.91 Å². The summed E-state index contributed by atoms with van der Waals surface area (Å²) in [5, 5.41) is 0. The van der Waals surface area contributed by atoms with E-state index in [2.05, 4.69) is 18.7 Å². The summed E-state index contributed by atoms with van der Waals surface area (Å²) in [7, 11) is 0. The van der Waals surface area contributed by atoms with Gasteiger partial charge in [0.05, 0.1) is 0 Å². The van der Waals surface area contributed by atoms with Gasteiger partial charge in [-0.1, -0.05) is 13.3 Å². The molecule has 2 fully saturated rings. The first kappa shape index (κ1) is 12.9. The third-order valence-electron chi connectivity index (χ3n) is 4.46.